The molecule has 2 nitrogen and oxygen atoms in total. The first-order valence-corrected chi connectivity index (χ1v) is 17.7. The number of fused-ring (bicyclic) bond motifs is 6. The fraction of sp³-hybridized carbons (Fsp3) is 0.0204. The average Bonchev–Trinajstić information content (AvgIpc) is 3.58. The lowest BCUT2D eigenvalue weighted by Gasteiger charge is -2.19. The maximum Gasteiger partial charge on any atom is 0.0547 e. The van der Waals surface area contributed by atoms with Gasteiger partial charge in [0, 0.05) is 33.0 Å². The van der Waals surface area contributed by atoms with Crippen LogP contribution in [0, 0.1) is 0 Å². The fourth-order valence-electron chi connectivity index (χ4n) is 8.15. The molecule has 0 atom stereocenters. The zero-order chi connectivity index (χ0) is 33.7. The lowest BCUT2D eigenvalue weighted by atomic mass is 9.92. The predicted octanol–water partition coefficient (Wildman–Crippen LogP) is 13.2. The van der Waals surface area contributed by atoms with Crippen LogP contribution < -0.4 is 0 Å². The third-order valence-corrected chi connectivity index (χ3v) is 10.3. The van der Waals surface area contributed by atoms with Crippen LogP contribution in [0.2, 0.25) is 0 Å². The molecule has 10 rings (SSSR count). The van der Waals surface area contributed by atoms with Gasteiger partial charge in [0.2, 0.25) is 0 Å². The summed E-state index contributed by atoms with van der Waals surface area (Å²) in [4.78, 5) is 0. The second-order valence-electron chi connectivity index (χ2n) is 13.2. The molecule has 2 aromatic heterocycles. The van der Waals surface area contributed by atoms with Gasteiger partial charge in [-0.3, -0.25) is 0 Å². The number of hydrogen-bond donors (Lipinski definition) is 0. The van der Waals surface area contributed by atoms with Crippen molar-refractivity contribution in [3.05, 3.63) is 193 Å². The highest BCUT2D eigenvalue weighted by Crippen LogP contribution is 2.44. The van der Waals surface area contributed by atoms with E-state index in [1.165, 1.54) is 88.7 Å². The third-order valence-electron chi connectivity index (χ3n) is 10.3. The Morgan fingerprint density at radius 2 is 1.06 bits per heavy atom. The standard InChI is InChI=1S/C49H34N2/c1-5-17-34(18-6-1)38-25-15-29-45(48(38)35-19-7-2-8-20-35)51-43-28-14-13-23-40(43)41-32-31-36(33-47(41)51)39-26-16-30-46-49(39)42-24-11-4-12-27-44(42)50(46)37-21-9-3-10-22-37/h1-3,5-33H,4H2. The van der Waals surface area contributed by atoms with Crippen LogP contribution in [0.15, 0.2) is 182 Å². The van der Waals surface area contributed by atoms with Crippen LogP contribution >= 0.6 is 0 Å². The van der Waals surface area contributed by atoms with Gasteiger partial charge in [-0.1, -0.05) is 152 Å². The van der Waals surface area contributed by atoms with Gasteiger partial charge in [0.25, 0.3) is 0 Å². The molecule has 0 saturated heterocycles. The van der Waals surface area contributed by atoms with Gasteiger partial charge in [-0.2, -0.15) is 0 Å². The van der Waals surface area contributed by atoms with Crippen molar-refractivity contribution in [1.82, 2.24) is 9.13 Å². The van der Waals surface area contributed by atoms with E-state index in [0.717, 1.165) is 6.42 Å². The molecule has 0 unspecified atom stereocenters. The van der Waals surface area contributed by atoms with E-state index in [1.54, 1.807) is 0 Å². The number of benzene rings is 7. The van der Waals surface area contributed by atoms with Crippen molar-refractivity contribution in [2.75, 3.05) is 0 Å². The molecular weight excluding hydrogens is 617 g/mol. The molecule has 1 aliphatic carbocycles. The highest BCUT2D eigenvalue weighted by molar-refractivity contribution is 6.12. The summed E-state index contributed by atoms with van der Waals surface area (Å²) in [5.41, 5.74) is 15.7. The Kier molecular flexibility index (Phi) is 6.92. The number of rotatable bonds is 5. The van der Waals surface area contributed by atoms with E-state index in [-0.39, 0.29) is 0 Å². The van der Waals surface area contributed by atoms with Crippen LogP contribution in [0.25, 0.3) is 89.6 Å². The summed E-state index contributed by atoms with van der Waals surface area (Å²) in [5, 5.41) is 3.77. The lowest BCUT2D eigenvalue weighted by Crippen LogP contribution is -1.99. The van der Waals surface area contributed by atoms with E-state index in [9.17, 15) is 0 Å². The number of aromatic nitrogens is 2. The molecule has 9 aromatic rings. The summed E-state index contributed by atoms with van der Waals surface area (Å²) < 4.78 is 4.90. The Morgan fingerprint density at radius 3 is 1.88 bits per heavy atom. The molecule has 0 spiro atoms. The first kappa shape index (κ1) is 29.3. The predicted molar refractivity (Wildman–Crippen MR) is 217 cm³/mol. The van der Waals surface area contributed by atoms with E-state index in [0.29, 0.717) is 0 Å². The normalized spacial score (nSPS) is 12.5. The Morgan fingerprint density at radius 1 is 0.412 bits per heavy atom. The molecule has 0 N–H and O–H groups in total. The minimum atomic E-state index is 0.922. The maximum absolute atomic E-state index is 2.49. The quantitative estimate of drug-likeness (QED) is 0.175. The molecule has 2 heterocycles. The zero-order valence-electron chi connectivity index (χ0n) is 28.1. The molecule has 1 aliphatic rings. The first-order valence-electron chi connectivity index (χ1n) is 17.7. The second kappa shape index (κ2) is 12.0. The summed E-state index contributed by atoms with van der Waals surface area (Å²) in [5.74, 6) is 0. The van der Waals surface area contributed by atoms with Crippen molar-refractivity contribution in [1.29, 1.82) is 0 Å². The number of hydrogen-bond acceptors (Lipinski definition) is 0. The Hall–Kier alpha value is -6.64. The topological polar surface area (TPSA) is 9.86 Å². The van der Waals surface area contributed by atoms with E-state index in [4.69, 9.17) is 0 Å². The van der Waals surface area contributed by atoms with Gasteiger partial charge in [-0.05, 0) is 76.7 Å². The summed E-state index contributed by atoms with van der Waals surface area (Å²) in [6.45, 7) is 0. The van der Waals surface area contributed by atoms with Crippen molar-refractivity contribution < 1.29 is 0 Å². The van der Waals surface area contributed by atoms with Crippen molar-refractivity contribution in [3.63, 3.8) is 0 Å². The van der Waals surface area contributed by atoms with Crippen LogP contribution in [0.5, 0.6) is 0 Å². The lowest BCUT2D eigenvalue weighted by molar-refractivity contribution is 1.10. The van der Waals surface area contributed by atoms with Gasteiger partial charge in [0.15, 0.2) is 0 Å². The zero-order valence-corrected chi connectivity index (χ0v) is 28.1. The maximum atomic E-state index is 2.49. The Labute approximate surface area is 297 Å². The number of nitrogens with zero attached hydrogens (tertiary/aromatic N) is 2. The Balaban J connectivity index is 1.28. The van der Waals surface area contributed by atoms with E-state index in [1.807, 2.05) is 0 Å². The molecule has 51 heavy (non-hydrogen) atoms. The van der Waals surface area contributed by atoms with Crippen LogP contribution in [0.4, 0.5) is 0 Å². The molecule has 0 bridgehead atoms. The molecular formula is C49H34N2. The van der Waals surface area contributed by atoms with Crippen molar-refractivity contribution >= 4 is 44.9 Å². The summed E-state index contributed by atoms with van der Waals surface area (Å²) in [7, 11) is 0. The minimum Gasteiger partial charge on any atom is -0.309 e. The number of para-hydroxylation sites is 2. The SMILES string of the molecule is C1=Cc2c(n(-c3ccccc3)c3cccc(-c4ccc5c6ccccc6n(-c6cccc(-c7ccccc7)c6-c6ccccc6)c5c4)c23)C=CC1. The highest BCUT2D eigenvalue weighted by Gasteiger charge is 2.22. The largest absolute Gasteiger partial charge is 0.309 e. The van der Waals surface area contributed by atoms with Crippen LogP contribution in [-0.4, -0.2) is 9.13 Å². The molecule has 2 heteroatoms. The van der Waals surface area contributed by atoms with Gasteiger partial charge in [-0.25, -0.2) is 0 Å². The molecule has 0 fully saturated rings. The van der Waals surface area contributed by atoms with Gasteiger partial charge in [0.05, 0.1) is 27.9 Å². The fourth-order valence-corrected chi connectivity index (χ4v) is 8.15. The van der Waals surface area contributed by atoms with E-state index >= 15 is 0 Å². The highest BCUT2D eigenvalue weighted by atomic mass is 15.0. The third kappa shape index (κ3) is 4.72. The van der Waals surface area contributed by atoms with Gasteiger partial charge in [0.1, 0.15) is 0 Å². The van der Waals surface area contributed by atoms with Crippen molar-refractivity contribution in [2.24, 2.45) is 0 Å². The Bertz CT molecular complexity index is 2800. The van der Waals surface area contributed by atoms with Crippen molar-refractivity contribution in [3.8, 4) is 44.8 Å². The van der Waals surface area contributed by atoms with Crippen LogP contribution in [0.3, 0.4) is 0 Å². The summed E-state index contributed by atoms with van der Waals surface area (Å²) >= 11 is 0. The monoisotopic (exact) mass is 650 g/mol. The van der Waals surface area contributed by atoms with Gasteiger partial charge < -0.3 is 9.13 Å². The van der Waals surface area contributed by atoms with Crippen LogP contribution in [0.1, 0.15) is 17.7 Å². The molecule has 0 radical (unpaired) electrons. The molecule has 240 valence electrons. The average molecular weight is 651 g/mol. The van der Waals surface area contributed by atoms with Crippen molar-refractivity contribution in [2.45, 2.75) is 6.42 Å². The summed E-state index contributed by atoms with van der Waals surface area (Å²) in [6.07, 6.45) is 10.1. The molecule has 0 amide bonds. The molecule has 0 saturated carbocycles. The van der Waals surface area contributed by atoms with E-state index in [2.05, 4.69) is 203 Å². The summed E-state index contributed by atoms with van der Waals surface area (Å²) in [6, 6.07) is 61.7. The second-order valence-corrected chi connectivity index (χ2v) is 13.2. The van der Waals surface area contributed by atoms with Crippen LogP contribution in [-0.2, 0) is 0 Å². The smallest absolute Gasteiger partial charge is 0.0547 e. The van der Waals surface area contributed by atoms with Gasteiger partial charge in [-0.15, -0.1) is 0 Å². The minimum absolute atomic E-state index is 0.922. The molecule has 7 aromatic carbocycles. The number of allylic oxidation sites excluding steroid dienone is 2. The molecule has 0 aliphatic heterocycles. The van der Waals surface area contributed by atoms with Gasteiger partial charge >= 0.3 is 0 Å². The first-order chi connectivity index (χ1) is 25.3. The van der Waals surface area contributed by atoms with E-state index < -0.39 is 0 Å².